The van der Waals surface area contributed by atoms with E-state index in [-0.39, 0.29) is 29.5 Å². The first-order valence-electron chi connectivity index (χ1n) is 13.0. The SMILES string of the molecule is CS(=O)(=O)c1nccc(-c2nnc(C3CCN(C(=O)OCc4ccccc4)CC3)cc2-c2cccc(C(F)(F)F)c2)n1. The third-order valence-electron chi connectivity index (χ3n) is 6.90. The number of likely N-dealkylation sites (tertiary alicyclic amines) is 1. The van der Waals surface area contributed by atoms with E-state index >= 15 is 0 Å². The van der Waals surface area contributed by atoms with Gasteiger partial charge in [-0.2, -0.15) is 18.3 Å². The quantitative estimate of drug-likeness (QED) is 0.266. The zero-order chi connectivity index (χ0) is 29.9. The van der Waals surface area contributed by atoms with E-state index in [1.165, 1.54) is 24.4 Å². The van der Waals surface area contributed by atoms with Crippen molar-refractivity contribution in [1.82, 2.24) is 25.1 Å². The van der Waals surface area contributed by atoms with E-state index in [1.54, 1.807) is 11.0 Å². The number of hydrogen-bond acceptors (Lipinski definition) is 8. The van der Waals surface area contributed by atoms with E-state index in [0.717, 1.165) is 24.0 Å². The van der Waals surface area contributed by atoms with E-state index in [1.807, 2.05) is 30.3 Å². The molecule has 0 radical (unpaired) electrons. The van der Waals surface area contributed by atoms with Gasteiger partial charge in [-0.05, 0) is 48.2 Å². The molecule has 1 aliphatic rings. The van der Waals surface area contributed by atoms with Crippen LogP contribution in [0, 0.1) is 0 Å². The summed E-state index contributed by atoms with van der Waals surface area (Å²) in [5.74, 6) is -0.119. The number of sulfone groups is 1. The summed E-state index contributed by atoms with van der Waals surface area (Å²) in [6.07, 6.45) is -1.70. The van der Waals surface area contributed by atoms with Gasteiger partial charge < -0.3 is 9.64 Å². The number of hydrogen-bond donors (Lipinski definition) is 0. The number of rotatable bonds is 6. The maximum absolute atomic E-state index is 13.6. The van der Waals surface area contributed by atoms with Crippen LogP contribution in [0.25, 0.3) is 22.5 Å². The van der Waals surface area contributed by atoms with Crippen molar-refractivity contribution in [3.05, 3.63) is 89.7 Å². The highest BCUT2D eigenvalue weighted by Gasteiger charge is 2.31. The van der Waals surface area contributed by atoms with Crippen LogP contribution >= 0.6 is 0 Å². The predicted molar refractivity (Wildman–Crippen MR) is 147 cm³/mol. The number of aromatic nitrogens is 4. The van der Waals surface area contributed by atoms with E-state index in [2.05, 4.69) is 20.2 Å². The zero-order valence-corrected chi connectivity index (χ0v) is 23.3. The summed E-state index contributed by atoms with van der Waals surface area (Å²) < 4.78 is 70.2. The number of nitrogens with zero attached hydrogens (tertiary/aromatic N) is 5. The summed E-state index contributed by atoms with van der Waals surface area (Å²) in [5.41, 5.74) is 1.34. The smallest absolute Gasteiger partial charge is 0.416 e. The molecule has 0 N–H and O–H groups in total. The monoisotopic (exact) mass is 597 g/mol. The third-order valence-corrected chi connectivity index (χ3v) is 7.76. The topological polar surface area (TPSA) is 115 Å². The van der Waals surface area contributed by atoms with Crippen molar-refractivity contribution in [2.45, 2.75) is 36.7 Å². The minimum atomic E-state index is -4.57. The molecule has 0 spiro atoms. The number of piperidine rings is 1. The molecule has 2 aromatic heterocycles. The van der Waals surface area contributed by atoms with Gasteiger partial charge in [0.2, 0.25) is 15.0 Å². The van der Waals surface area contributed by atoms with Crippen LogP contribution in [0.5, 0.6) is 0 Å². The largest absolute Gasteiger partial charge is 0.445 e. The van der Waals surface area contributed by atoms with Gasteiger partial charge in [0.25, 0.3) is 0 Å². The molecule has 13 heteroatoms. The number of alkyl halides is 3. The molecule has 0 atom stereocenters. The maximum atomic E-state index is 13.6. The number of halogens is 3. The van der Waals surface area contributed by atoms with Crippen LogP contribution in [0.15, 0.2) is 78.1 Å². The molecule has 0 bridgehead atoms. The predicted octanol–water partition coefficient (Wildman–Crippen LogP) is 5.54. The van der Waals surface area contributed by atoms with Crippen LogP contribution < -0.4 is 0 Å². The van der Waals surface area contributed by atoms with Crippen molar-refractivity contribution in [1.29, 1.82) is 0 Å². The van der Waals surface area contributed by atoms with E-state index < -0.39 is 32.8 Å². The molecule has 1 fully saturated rings. The first kappa shape index (κ1) is 29.1. The molecule has 0 unspecified atom stereocenters. The highest BCUT2D eigenvalue weighted by atomic mass is 32.2. The van der Waals surface area contributed by atoms with Gasteiger partial charge in [-0.1, -0.05) is 42.5 Å². The molecule has 1 amide bonds. The number of amides is 1. The Labute approximate surface area is 240 Å². The Balaban J connectivity index is 1.42. The lowest BCUT2D eigenvalue weighted by molar-refractivity contribution is -0.137. The summed E-state index contributed by atoms with van der Waals surface area (Å²) in [6, 6.07) is 17.2. The Hall–Kier alpha value is -4.39. The average Bonchev–Trinajstić information content (AvgIpc) is 2.99. The Kier molecular flexibility index (Phi) is 8.21. The summed E-state index contributed by atoms with van der Waals surface area (Å²) in [7, 11) is -3.76. The fourth-order valence-electron chi connectivity index (χ4n) is 4.70. The number of carbonyl (C=O) groups excluding carboxylic acids is 1. The van der Waals surface area contributed by atoms with Gasteiger partial charge in [0.15, 0.2) is 0 Å². The van der Waals surface area contributed by atoms with E-state index in [9.17, 15) is 26.4 Å². The summed E-state index contributed by atoms with van der Waals surface area (Å²) in [4.78, 5) is 22.1. The Morgan fingerprint density at radius 1 is 1.00 bits per heavy atom. The number of ether oxygens (including phenoxy) is 1. The second-order valence-corrected chi connectivity index (χ2v) is 11.8. The van der Waals surface area contributed by atoms with Crippen LogP contribution in [0.1, 0.15) is 35.6 Å². The van der Waals surface area contributed by atoms with Crippen molar-refractivity contribution in [3.8, 4) is 22.5 Å². The van der Waals surface area contributed by atoms with Gasteiger partial charge in [-0.15, -0.1) is 5.10 Å². The average molecular weight is 598 g/mol. The fourth-order valence-corrected chi connectivity index (χ4v) is 5.21. The first-order chi connectivity index (χ1) is 20.0. The van der Waals surface area contributed by atoms with Crippen molar-refractivity contribution >= 4 is 15.9 Å². The minimum Gasteiger partial charge on any atom is -0.445 e. The molecule has 42 heavy (non-hydrogen) atoms. The van der Waals surface area contributed by atoms with Gasteiger partial charge in [-0.3, -0.25) is 0 Å². The van der Waals surface area contributed by atoms with Crippen LogP contribution in [0.4, 0.5) is 18.0 Å². The Bertz CT molecular complexity index is 1690. The normalized spacial score (nSPS) is 14.5. The number of carbonyl (C=O) groups is 1. The highest BCUT2D eigenvalue weighted by Crippen LogP contribution is 2.37. The standard InChI is InChI=1S/C29H26F3N5O4S/c1-42(39,40)27-33-13-10-24(34-27)26-23(21-8-5-9-22(16-21)29(30,31)32)17-25(35-36-26)20-11-14-37(15-12-20)28(38)41-18-19-6-3-2-4-7-19/h2-10,13,16-17,20H,11-12,14-15,18H2,1H3. The number of benzene rings is 2. The molecule has 2 aromatic carbocycles. The van der Waals surface area contributed by atoms with Crippen molar-refractivity contribution in [2.24, 2.45) is 0 Å². The van der Waals surface area contributed by atoms with Gasteiger partial charge in [-0.25, -0.2) is 23.2 Å². The Morgan fingerprint density at radius 2 is 1.74 bits per heavy atom. The highest BCUT2D eigenvalue weighted by molar-refractivity contribution is 7.90. The molecule has 3 heterocycles. The molecule has 0 aliphatic carbocycles. The summed E-state index contributed by atoms with van der Waals surface area (Å²) in [5, 5.41) is 8.23. The van der Waals surface area contributed by atoms with Crippen molar-refractivity contribution in [3.63, 3.8) is 0 Å². The van der Waals surface area contributed by atoms with Gasteiger partial charge in [0.1, 0.15) is 12.3 Å². The molecule has 1 aliphatic heterocycles. The molecule has 4 aromatic rings. The first-order valence-corrected chi connectivity index (χ1v) is 14.9. The van der Waals surface area contributed by atoms with Gasteiger partial charge >= 0.3 is 12.3 Å². The summed E-state index contributed by atoms with van der Waals surface area (Å²) >= 11 is 0. The van der Waals surface area contributed by atoms with Gasteiger partial charge in [0, 0.05) is 37.0 Å². The maximum Gasteiger partial charge on any atom is 0.416 e. The lowest BCUT2D eigenvalue weighted by Crippen LogP contribution is -2.38. The molecule has 1 saturated heterocycles. The molecular weight excluding hydrogens is 571 g/mol. The van der Waals surface area contributed by atoms with Gasteiger partial charge in [0.05, 0.1) is 17.0 Å². The third kappa shape index (κ3) is 6.73. The molecule has 9 nitrogen and oxygen atoms in total. The molecule has 5 rings (SSSR count). The van der Waals surface area contributed by atoms with Crippen LogP contribution in [0.2, 0.25) is 0 Å². The lowest BCUT2D eigenvalue weighted by atomic mass is 9.91. The van der Waals surface area contributed by atoms with Crippen LogP contribution in [0.3, 0.4) is 0 Å². The second-order valence-electron chi connectivity index (χ2n) is 9.91. The van der Waals surface area contributed by atoms with Crippen molar-refractivity contribution in [2.75, 3.05) is 19.3 Å². The lowest BCUT2D eigenvalue weighted by Gasteiger charge is -2.31. The Morgan fingerprint density at radius 3 is 2.43 bits per heavy atom. The van der Waals surface area contributed by atoms with E-state index in [0.29, 0.717) is 37.2 Å². The van der Waals surface area contributed by atoms with Crippen LogP contribution in [-0.4, -0.2) is 58.9 Å². The van der Waals surface area contributed by atoms with E-state index in [4.69, 9.17) is 4.74 Å². The van der Waals surface area contributed by atoms with Crippen LogP contribution in [-0.2, 0) is 27.4 Å². The fraction of sp³-hybridized carbons (Fsp3) is 0.276. The molecule has 0 saturated carbocycles. The summed E-state index contributed by atoms with van der Waals surface area (Å²) in [6.45, 7) is 0.978. The zero-order valence-electron chi connectivity index (χ0n) is 22.5. The minimum absolute atomic E-state index is 0.105. The van der Waals surface area contributed by atoms with Crippen molar-refractivity contribution < 1.29 is 31.1 Å². The second kappa shape index (κ2) is 11.8. The molecular formula is C29H26F3N5O4S. The molecule has 218 valence electrons.